The topological polar surface area (TPSA) is 126 Å². The van der Waals surface area contributed by atoms with Crippen LogP contribution in [0.5, 0.6) is 0 Å². The quantitative estimate of drug-likeness (QED) is 0.197. The molecule has 0 spiro atoms. The first-order valence-electron chi connectivity index (χ1n) is 13.3. The van der Waals surface area contributed by atoms with Gasteiger partial charge in [0.1, 0.15) is 0 Å². The van der Waals surface area contributed by atoms with Gasteiger partial charge in [-0.15, -0.1) is 0 Å². The highest BCUT2D eigenvalue weighted by Crippen LogP contribution is 2.50. The molecule has 1 aliphatic carbocycles. The number of alkyl halides is 2. The molecule has 0 aromatic heterocycles. The van der Waals surface area contributed by atoms with Crippen molar-refractivity contribution in [2.45, 2.75) is 108 Å². The van der Waals surface area contributed by atoms with Gasteiger partial charge in [0, 0.05) is 36.5 Å². The Hall–Kier alpha value is -1.66. The van der Waals surface area contributed by atoms with Gasteiger partial charge in [-0.3, -0.25) is 5.48 Å². The Morgan fingerprint density at radius 2 is 1.82 bits per heavy atom. The highest BCUT2D eigenvalue weighted by Gasteiger charge is 2.71. The van der Waals surface area contributed by atoms with E-state index in [0.717, 1.165) is 18.4 Å². The average Bonchev–Trinajstić information content (AvgIpc) is 3.11. The first-order chi connectivity index (χ1) is 17.4. The Kier molecular flexibility index (Phi) is 9.00. The molecule has 7 atom stereocenters. The maximum absolute atomic E-state index is 14.5. The molecule has 1 aliphatic heterocycles. The van der Waals surface area contributed by atoms with Gasteiger partial charge in [-0.25, -0.2) is 9.74 Å². The number of nitrogens with one attached hydrogen (secondary N) is 1. The normalized spacial score (nSPS) is 34.7. The van der Waals surface area contributed by atoms with E-state index in [1.54, 1.807) is 0 Å². The zero-order valence-electron chi connectivity index (χ0n) is 22.9. The molecule has 10 heteroatoms. The van der Waals surface area contributed by atoms with Crippen LogP contribution in [0.4, 0.5) is 8.78 Å². The van der Waals surface area contributed by atoms with Gasteiger partial charge < -0.3 is 25.5 Å². The zero-order chi connectivity index (χ0) is 28.7. The molecule has 1 saturated heterocycles. The summed E-state index contributed by atoms with van der Waals surface area (Å²) in [6, 6.07) is 9.56. The van der Waals surface area contributed by atoms with Crippen LogP contribution in [0.3, 0.4) is 0 Å². The molecule has 1 saturated carbocycles. The molecule has 216 valence electrons. The molecule has 1 aromatic carbocycles. The lowest BCUT2D eigenvalue weighted by atomic mass is 9.69. The predicted molar refractivity (Wildman–Crippen MR) is 138 cm³/mol. The number of aryl methyl sites for hydroxylation is 1. The van der Waals surface area contributed by atoms with E-state index < -0.39 is 41.7 Å². The summed E-state index contributed by atoms with van der Waals surface area (Å²) >= 11 is 0. The molecule has 0 amide bonds. The van der Waals surface area contributed by atoms with Crippen molar-refractivity contribution in [2.24, 2.45) is 17.8 Å². The second kappa shape index (κ2) is 11.1. The highest BCUT2D eigenvalue weighted by molar-refractivity contribution is 5.17. The molecule has 8 nitrogen and oxygen atoms in total. The third-order valence-electron chi connectivity index (χ3n) is 8.42. The van der Waals surface area contributed by atoms with Crippen LogP contribution in [-0.2, 0) is 11.3 Å². The number of hydroxylamine groups is 1. The fourth-order valence-electron chi connectivity index (χ4n) is 5.95. The summed E-state index contributed by atoms with van der Waals surface area (Å²) in [5.74, 6) is -10.6. The van der Waals surface area contributed by atoms with Gasteiger partial charge in [-0.1, -0.05) is 57.7 Å². The van der Waals surface area contributed by atoms with Crippen molar-refractivity contribution in [3.63, 3.8) is 0 Å². The van der Waals surface area contributed by atoms with Crippen LogP contribution in [0, 0.1) is 17.8 Å². The summed E-state index contributed by atoms with van der Waals surface area (Å²) in [4.78, 5) is 7.84. The van der Waals surface area contributed by atoms with Crippen molar-refractivity contribution >= 4 is 0 Å². The van der Waals surface area contributed by atoms with Gasteiger partial charge in [0.15, 0.2) is 5.60 Å². The zero-order valence-corrected chi connectivity index (χ0v) is 22.9. The minimum absolute atomic E-state index is 0.0121. The fourth-order valence-corrected chi connectivity index (χ4v) is 5.95. The smallest absolute Gasteiger partial charge is 0.330 e. The molecule has 2 aliphatic rings. The summed E-state index contributed by atoms with van der Waals surface area (Å²) in [7, 11) is 0. The van der Waals surface area contributed by atoms with Crippen LogP contribution in [0.15, 0.2) is 42.6 Å². The van der Waals surface area contributed by atoms with Gasteiger partial charge in [0.05, 0.1) is 6.10 Å². The fraction of sp³-hybridized carbons (Fsp3) is 0.714. The van der Waals surface area contributed by atoms with Crippen LogP contribution in [0.2, 0.25) is 0 Å². The second-order valence-corrected chi connectivity index (χ2v) is 11.9. The van der Waals surface area contributed by atoms with Gasteiger partial charge in [0.2, 0.25) is 5.79 Å². The summed E-state index contributed by atoms with van der Waals surface area (Å²) < 4.78 is 29.0. The van der Waals surface area contributed by atoms with Crippen LogP contribution in [0.1, 0.15) is 65.9 Å². The molecular formula is C28H44F2N2O6. The minimum atomic E-state index is -4.40. The lowest BCUT2D eigenvalue weighted by Crippen LogP contribution is -2.72. The van der Waals surface area contributed by atoms with Gasteiger partial charge in [-0.2, -0.15) is 8.78 Å². The van der Waals surface area contributed by atoms with Crippen LogP contribution in [0.25, 0.3) is 0 Å². The number of likely N-dealkylation sites (tertiary alicyclic amines) is 1. The standard InChI is InChI=1S/C28H44F2N2O6/c1-17(2)14-22-15-18(3)20(5)32(22)27(37,13-12-21-10-8-7-9-11-21)38-31-19(4)23-16-26(35,36)28(29,30)25(6,34)24(23)33/h7-11,17-18,20,22-24,31,33-37H,4,12-16H2,1-3,5-6H3. The van der Waals surface area contributed by atoms with Gasteiger partial charge in [0.25, 0.3) is 5.91 Å². The van der Waals surface area contributed by atoms with Crippen LogP contribution in [-0.4, -0.2) is 71.8 Å². The summed E-state index contributed by atoms with van der Waals surface area (Å²) in [5, 5.41) is 53.0. The van der Waals surface area contributed by atoms with Gasteiger partial charge >= 0.3 is 5.92 Å². The molecule has 1 aromatic rings. The maximum atomic E-state index is 14.5. The van der Waals surface area contributed by atoms with Crippen molar-refractivity contribution in [3.8, 4) is 0 Å². The van der Waals surface area contributed by atoms with Crippen molar-refractivity contribution in [1.82, 2.24) is 10.4 Å². The number of hydrogen-bond donors (Lipinski definition) is 6. The van der Waals surface area contributed by atoms with Crippen molar-refractivity contribution in [3.05, 3.63) is 48.2 Å². The van der Waals surface area contributed by atoms with E-state index in [1.165, 1.54) is 0 Å². The number of aliphatic hydroxyl groups excluding tert-OH is 1. The number of hydrogen-bond acceptors (Lipinski definition) is 8. The van der Waals surface area contributed by atoms with E-state index in [0.29, 0.717) is 19.3 Å². The molecule has 0 radical (unpaired) electrons. The number of halogens is 2. The molecule has 7 unspecified atom stereocenters. The maximum Gasteiger partial charge on any atom is 0.330 e. The number of aliphatic hydroxyl groups is 5. The Balaban J connectivity index is 1.86. The molecular weight excluding hydrogens is 498 g/mol. The van der Waals surface area contributed by atoms with E-state index in [4.69, 9.17) is 4.84 Å². The second-order valence-electron chi connectivity index (χ2n) is 11.9. The SMILES string of the molecule is C=C(NOC(O)(CCc1ccccc1)N1C(CC(C)C)CC(C)C1C)C1CC(O)(O)C(F)(F)C(C)(O)C1O. The summed E-state index contributed by atoms with van der Waals surface area (Å²) in [6.07, 6.45) is -0.790. The highest BCUT2D eigenvalue weighted by atomic mass is 19.3. The van der Waals surface area contributed by atoms with E-state index >= 15 is 0 Å². The van der Waals surface area contributed by atoms with E-state index in [2.05, 4.69) is 32.8 Å². The molecule has 3 rings (SSSR count). The number of nitrogens with zero attached hydrogens (tertiary/aromatic N) is 1. The van der Waals surface area contributed by atoms with Crippen LogP contribution >= 0.6 is 0 Å². The molecule has 2 fully saturated rings. The molecule has 6 N–H and O–H groups in total. The average molecular weight is 543 g/mol. The van der Waals surface area contributed by atoms with Crippen LogP contribution < -0.4 is 5.48 Å². The third-order valence-corrected chi connectivity index (χ3v) is 8.42. The Labute approximate surface area is 223 Å². The van der Waals surface area contributed by atoms with E-state index in [-0.39, 0.29) is 30.1 Å². The predicted octanol–water partition coefficient (Wildman–Crippen LogP) is 2.89. The monoisotopic (exact) mass is 542 g/mol. The first kappa shape index (κ1) is 30.9. The molecule has 0 bridgehead atoms. The first-order valence-corrected chi connectivity index (χ1v) is 13.3. The van der Waals surface area contributed by atoms with Gasteiger partial charge in [-0.05, 0) is 50.5 Å². The van der Waals surface area contributed by atoms with E-state index in [1.807, 2.05) is 42.2 Å². The Morgan fingerprint density at radius 1 is 1.21 bits per heavy atom. The summed E-state index contributed by atoms with van der Waals surface area (Å²) in [5.41, 5.74) is 0.171. The van der Waals surface area contributed by atoms with E-state index in [9.17, 15) is 34.3 Å². The third kappa shape index (κ3) is 5.77. The summed E-state index contributed by atoms with van der Waals surface area (Å²) in [6.45, 7) is 12.7. The molecule has 1 heterocycles. The molecule has 38 heavy (non-hydrogen) atoms. The van der Waals surface area contributed by atoms with Crippen molar-refractivity contribution < 1.29 is 39.2 Å². The number of rotatable bonds is 10. The van der Waals surface area contributed by atoms with Crippen molar-refractivity contribution in [2.75, 3.05) is 0 Å². The largest absolute Gasteiger partial charge is 0.389 e. The Morgan fingerprint density at radius 3 is 2.39 bits per heavy atom. The Bertz CT molecular complexity index is 958. The number of benzene rings is 1. The minimum Gasteiger partial charge on any atom is -0.389 e. The lowest BCUT2D eigenvalue weighted by molar-refractivity contribution is -0.389. The lowest BCUT2D eigenvalue weighted by Gasteiger charge is -2.51. The van der Waals surface area contributed by atoms with Crippen molar-refractivity contribution in [1.29, 1.82) is 0 Å².